The van der Waals surface area contributed by atoms with Crippen LogP contribution in [0.3, 0.4) is 0 Å². The summed E-state index contributed by atoms with van der Waals surface area (Å²) in [5.74, 6) is 0.0632. The second kappa shape index (κ2) is 5.70. The predicted octanol–water partition coefficient (Wildman–Crippen LogP) is 1.42. The van der Waals surface area contributed by atoms with E-state index in [1.54, 1.807) is 12.4 Å². The smallest absolute Gasteiger partial charge is 0.233 e. The fourth-order valence-electron chi connectivity index (χ4n) is 0.928. The Labute approximate surface area is 87.9 Å². The second-order valence-electron chi connectivity index (χ2n) is 2.95. The summed E-state index contributed by atoms with van der Waals surface area (Å²) in [5, 5.41) is 3.52. The summed E-state index contributed by atoms with van der Waals surface area (Å²) < 4.78 is 0. The van der Waals surface area contributed by atoms with Gasteiger partial charge in [0.05, 0.1) is 5.25 Å². The summed E-state index contributed by atoms with van der Waals surface area (Å²) in [6.07, 6.45) is 4.39. The molecule has 1 amide bonds. The van der Waals surface area contributed by atoms with E-state index in [-0.39, 0.29) is 11.2 Å². The van der Waals surface area contributed by atoms with Crippen LogP contribution in [0.4, 0.5) is 0 Å². The zero-order valence-electron chi connectivity index (χ0n) is 8.41. The monoisotopic (exact) mass is 213 g/mol. The first-order valence-corrected chi connectivity index (χ1v) is 5.55. The maximum Gasteiger partial charge on any atom is 0.233 e. The number of imidazole rings is 1. The molecule has 0 fully saturated rings. The van der Waals surface area contributed by atoms with Gasteiger partial charge in [0, 0.05) is 18.9 Å². The number of aromatic amines is 1. The summed E-state index contributed by atoms with van der Waals surface area (Å²) in [7, 11) is 0. The number of thioether (sulfide) groups is 1. The van der Waals surface area contributed by atoms with Crippen molar-refractivity contribution in [1.29, 1.82) is 0 Å². The van der Waals surface area contributed by atoms with Crippen molar-refractivity contribution < 1.29 is 4.79 Å². The minimum absolute atomic E-state index is 0.0632. The molecule has 1 aromatic rings. The third kappa shape index (κ3) is 3.41. The van der Waals surface area contributed by atoms with E-state index in [2.05, 4.69) is 15.3 Å². The van der Waals surface area contributed by atoms with Gasteiger partial charge in [-0.1, -0.05) is 18.7 Å². The number of nitrogens with one attached hydrogen (secondary N) is 2. The van der Waals surface area contributed by atoms with Gasteiger partial charge in [-0.15, -0.1) is 0 Å². The third-order valence-electron chi connectivity index (χ3n) is 1.68. The van der Waals surface area contributed by atoms with Crippen molar-refractivity contribution in [2.75, 3.05) is 6.54 Å². The van der Waals surface area contributed by atoms with Crippen molar-refractivity contribution >= 4 is 17.7 Å². The number of carbonyl (C=O) groups excluding carboxylic acids is 1. The Morgan fingerprint density at radius 3 is 3.14 bits per heavy atom. The Morgan fingerprint density at radius 2 is 2.57 bits per heavy atom. The molecule has 4 nitrogen and oxygen atoms in total. The highest BCUT2D eigenvalue weighted by atomic mass is 32.2. The van der Waals surface area contributed by atoms with E-state index in [0.717, 1.165) is 18.1 Å². The first-order chi connectivity index (χ1) is 6.74. The lowest BCUT2D eigenvalue weighted by Crippen LogP contribution is -2.31. The lowest BCUT2D eigenvalue weighted by molar-refractivity contribution is -0.120. The summed E-state index contributed by atoms with van der Waals surface area (Å²) in [5.41, 5.74) is 0. The SMILES string of the molecule is CCCNC(=O)C(C)Sc1ncc[nH]1. The molecule has 78 valence electrons. The van der Waals surface area contributed by atoms with E-state index < -0.39 is 0 Å². The average molecular weight is 213 g/mol. The van der Waals surface area contributed by atoms with Crippen LogP contribution in [0.1, 0.15) is 20.3 Å². The second-order valence-corrected chi connectivity index (χ2v) is 4.27. The average Bonchev–Trinajstić information content (AvgIpc) is 2.66. The van der Waals surface area contributed by atoms with Crippen molar-refractivity contribution in [2.45, 2.75) is 30.7 Å². The van der Waals surface area contributed by atoms with E-state index >= 15 is 0 Å². The third-order valence-corrected chi connectivity index (χ3v) is 2.69. The van der Waals surface area contributed by atoms with Gasteiger partial charge in [-0.2, -0.15) is 0 Å². The summed E-state index contributed by atoms with van der Waals surface area (Å²) in [4.78, 5) is 18.5. The highest BCUT2D eigenvalue weighted by molar-refractivity contribution is 8.00. The number of rotatable bonds is 5. The Hall–Kier alpha value is -0.970. The molecule has 0 aliphatic heterocycles. The normalized spacial score (nSPS) is 12.4. The van der Waals surface area contributed by atoms with Crippen LogP contribution in [0, 0.1) is 0 Å². The molecule has 5 heteroatoms. The van der Waals surface area contributed by atoms with Gasteiger partial charge in [-0.05, 0) is 13.3 Å². The van der Waals surface area contributed by atoms with Crippen molar-refractivity contribution in [2.24, 2.45) is 0 Å². The van der Waals surface area contributed by atoms with E-state index in [4.69, 9.17) is 0 Å². The topological polar surface area (TPSA) is 57.8 Å². The standard InChI is InChI=1S/C9H15N3OS/c1-3-4-10-8(13)7(2)14-9-11-5-6-12-9/h5-7H,3-4H2,1-2H3,(H,10,13)(H,11,12). The number of aromatic nitrogens is 2. The van der Waals surface area contributed by atoms with Crippen LogP contribution < -0.4 is 5.32 Å². The molecule has 0 saturated heterocycles. The van der Waals surface area contributed by atoms with Crippen LogP contribution in [0.25, 0.3) is 0 Å². The predicted molar refractivity (Wildman–Crippen MR) is 57.2 cm³/mol. The van der Waals surface area contributed by atoms with Crippen LogP contribution in [-0.2, 0) is 4.79 Å². The van der Waals surface area contributed by atoms with Crippen LogP contribution >= 0.6 is 11.8 Å². The first kappa shape index (κ1) is 11.1. The molecule has 0 aromatic carbocycles. The molecule has 0 spiro atoms. The Kier molecular flexibility index (Phi) is 4.52. The molecule has 0 saturated carbocycles. The zero-order valence-corrected chi connectivity index (χ0v) is 9.23. The highest BCUT2D eigenvalue weighted by Crippen LogP contribution is 2.18. The van der Waals surface area contributed by atoms with Gasteiger partial charge in [-0.3, -0.25) is 4.79 Å². The van der Waals surface area contributed by atoms with Gasteiger partial charge in [0.15, 0.2) is 5.16 Å². The van der Waals surface area contributed by atoms with E-state index in [1.807, 2.05) is 13.8 Å². The van der Waals surface area contributed by atoms with Crippen LogP contribution in [0.2, 0.25) is 0 Å². The lowest BCUT2D eigenvalue weighted by atomic mass is 10.4. The molecule has 1 heterocycles. The minimum atomic E-state index is -0.104. The quantitative estimate of drug-likeness (QED) is 0.727. The number of nitrogens with zero attached hydrogens (tertiary/aromatic N) is 1. The van der Waals surface area contributed by atoms with Crippen molar-refractivity contribution in [3.05, 3.63) is 12.4 Å². The van der Waals surface area contributed by atoms with Gasteiger partial charge >= 0.3 is 0 Å². The number of H-pyrrole nitrogens is 1. The van der Waals surface area contributed by atoms with Crippen LogP contribution in [-0.4, -0.2) is 27.7 Å². The molecule has 0 aliphatic carbocycles. The molecule has 14 heavy (non-hydrogen) atoms. The maximum atomic E-state index is 11.5. The number of hydrogen-bond acceptors (Lipinski definition) is 3. The Morgan fingerprint density at radius 1 is 1.79 bits per heavy atom. The van der Waals surface area contributed by atoms with Crippen LogP contribution in [0.5, 0.6) is 0 Å². The molecule has 0 radical (unpaired) electrons. The van der Waals surface area contributed by atoms with Gasteiger partial charge in [-0.25, -0.2) is 4.98 Å². The van der Waals surface area contributed by atoms with Crippen molar-refractivity contribution in [3.8, 4) is 0 Å². The molecule has 2 N–H and O–H groups in total. The van der Waals surface area contributed by atoms with Gasteiger partial charge < -0.3 is 10.3 Å². The number of hydrogen-bond donors (Lipinski definition) is 2. The van der Waals surface area contributed by atoms with Crippen LogP contribution in [0.15, 0.2) is 17.6 Å². The Bertz CT molecular complexity index is 274. The maximum absolute atomic E-state index is 11.5. The molecule has 1 atom stereocenters. The fourth-order valence-corrected chi connectivity index (χ4v) is 1.71. The van der Waals surface area contributed by atoms with E-state index in [9.17, 15) is 4.79 Å². The van der Waals surface area contributed by atoms with Crippen molar-refractivity contribution in [1.82, 2.24) is 15.3 Å². The van der Waals surface area contributed by atoms with Gasteiger partial charge in [0.2, 0.25) is 5.91 Å². The highest BCUT2D eigenvalue weighted by Gasteiger charge is 2.14. The molecule has 1 unspecified atom stereocenters. The van der Waals surface area contributed by atoms with Gasteiger partial charge in [0.25, 0.3) is 0 Å². The Balaban J connectivity index is 2.34. The van der Waals surface area contributed by atoms with Gasteiger partial charge in [0.1, 0.15) is 0 Å². The zero-order chi connectivity index (χ0) is 10.4. The molecule has 0 aliphatic rings. The first-order valence-electron chi connectivity index (χ1n) is 4.67. The molecule has 0 bridgehead atoms. The number of carbonyl (C=O) groups is 1. The summed E-state index contributed by atoms with van der Waals surface area (Å²) >= 11 is 1.43. The molecular weight excluding hydrogens is 198 g/mol. The molecule has 1 aromatic heterocycles. The fraction of sp³-hybridized carbons (Fsp3) is 0.556. The van der Waals surface area contributed by atoms with Crippen molar-refractivity contribution in [3.63, 3.8) is 0 Å². The minimum Gasteiger partial charge on any atom is -0.355 e. The number of amides is 1. The molecular formula is C9H15N3OS. The van der Waals surface area contributed by atoms with E-state index in [0.29, 0.717) is 0 Å². The summed E-state index contributed by atoms with van der Waals surface area (Å²) in [6.45, 7) is 4.64. The molecule has 1 rings (SSSR count). The lowest BCUT2D eigenvalue weighted by Gasteiger charge is -2.09. The van der Waals surface area contributed by atoms with E-state index in [1.165, 1.54) is 11.8 Å². The largest absolute Gasteiger partial charge is 0.355 e. The summed E-state index contributed by atoms with van der Waals surface area (Å²) in [6, 6.07) is 0.